The molecule has 24 heavy (non-hydrogen) atoms. The van der Waals surface area contributed by atoms with E-state index in [9.17, 15) is 18.0 Å². The van der Waals surface area contributed by atoms with Gasteiger partial charge in [0, 0.05) is 37.9 Å². The van der Waals surface area contributed by atoms with Crippen molar-refractivity contribution < 1.29 is 27.9 Å². The molecule has 0 spiro atoms. The van der Waals surface area contributed by atoms with Gasteiger partial charge in [0.25, 0.3) is 5.91 Å². The molecule has 0 saturated heterocycles. The van der Waals surface area contributed by atoms with Gasteiger partial charge in [-0.15, -0.1) is 11.3 Å². The molecule has 1 N–H and O–H groups in total. The van der Waals surface area contributed by atoms with E-state index in [-0.39, 0.29) is 22.2 Å². The Morgan fingerprint density at radius 1 is 1.42 bits per heavy atom. The molecule has 0 aliphatic carbocycles. The number of hydrogen-bond acceptors (Lipinski definition) is 6. The smallest absolute Gasteiger partial charge is 0.308 e. The molecule has 7 nitrogen and oxygen atoms in total. The number of nitrogens with zero attached hydrogens (tertiary/aromatic N) is 1. The van der Waals surface area contributed by atoms with Crippen LogP contribution in [-0.2, 0) is 19.4 Å². The van der Waals surface area contributed by atoms with Crippen molar-refractivity contribution in [2.24, 2.45) is 5.92 Å². The van der Waals surface area contributed by atoms with Crippen LogP contribution in [0.5, 0.6) is 0 Å². The third-order valence-electron chi connectivity index (χ3n) is 3.31. The van der Waals surface area contributed by atoms with E-state index in [0.29, 0.717) is 26.2 Å². The van der Waals surface area contributed by atoms with Gasteiger partial charge in [-0.05, 0) is 19.4 Å². The van der Waals surface area contributed by atoms with E-state index in [0.717, 1.165) is 17.6 Å². The fraction of sp³-hybridized carbons (Fsp3) is 0.600. The molecule has 136 valence electrons. The summed E-state index contributed by atoms with van der Waals surface area (Å²) in [6, 6.07) is 1.34. The molecular formula is C15H23NO6S2. The van der Waals surface area contributed by atoms with Gasteiger partial charge >= 0.3 is 5.97 Å². The van der Waals surface area contributed by atoms with Crippen LogP contribution in [0.3, 0.4) is 0 Å². The predicted molar refractivity (Wildman–Crippen MR) is 91.2 cm³/mol. The number of aliphatic carboxylic acids is 1. The zero-order chi connectivity index (χ0) is 18.3. The largest absolute Gasteiger partial charge is 0.481 e. The van der Waals surface area contributed by atoms with Crippen molar-refractivity contribution in [1.82, 2.24) is 4.90 Å². The molecule has 1 atom stereocenters. The van der Waals surface area contributed by atoms with Gasteiger partial charge in [0.2, 0.25) is 0 Å². The van der Waals surface area contributed by atoms with Crippen LogP contribution in [0.15, 0.2) is 15.7 Å². The van der Waals surface area contributed by atoms with Gasteiger partial charge in [-0.1, -0.05) is 6.92 Å². The molecule has 0 aromatic carbocycles. The van der Waals surface area contributed by atoms with E-state index in [1.165, 1.54) is 23.3 Å². The van der Waals surface area contributed by atoms with E-state index in [4.69, 9.17) is 9.84 Å². The van der Waals surface area contributed by atoms with Crippen molar-refractivity contribution in [3.05, 3.63) is 17.0 Å². The minimum atomic E-state index is -3.37. The van der Waals surface area contributed by atoms with Gasteiger partial charge < -0.3 is 14.7 Å². The Morgan fingerprint density at radius 2 is 2.08 bits per heavy atom. The van der Waals surface area contributed by atoms with Crippen molar-refractivity contribution >= 4 is 33.1 Å². The highest BCUT2D eigenvalue weighted by Crippen LogP contribution is 2.21. The molecule has 0 aliphatic heterocycles. The topological polar surface area (TPSA) is 101 Å². The molecule has 0 bridgehead atoms. The van der Waals surface area contributed by atoms with Gasteiger partial charge in [-0.3, -0.25) is 9.59 Å². The lowest BCUT2D eigenvalue weighted by molar-refractivity contribution is -0.141. The monoisotopic (exact) mass is 377 g/mol. The molecule has 1 aromatic rings. The number of carbonyl (C=O) groups excluding carboxylic acids is 1. The number of thiophene rings is 1. The summed E-state index contributed by atoms with van der Waals surface area (Å²) >= 11 is 0.983. The molecule has 1 aromatic heterocycles. The lowest BCUT2D eigenvalue weighted by Crippen LogP contribution is -2.37. The summed E-state index contributed by atoms with van der Waals surface area (Å²) < 4.78 is 28.4. The first-order valence-corrected chi connectivity index (χ1v) is 10.3. The Labute approximate surface area is 146 Å². The molecule has 0 saturated carbocycles. The highest BCUT2D eigenvalue weighted by molar-refractivity contribution is 7.92. The van der Waals surface area contributed by atoms with Crippen LogP contribution in [0.2, 0.25) is 0 Å². The van der Waals surface area contributed by atoms with Crippen LogP contribution in [-0.4, -0.2) is 62.9 Å². The Balaban J connectivity index is 2.88. The van der Waals surface area contributed by atoms with Crippen molar-refractivity contribution in [3.63, 3.8) is 0 Å². The fourth-order valence-corrected chi connectivity index (χ4v) is 3.78. The quantitative estimate of drug-likeness (QED) is 0.623. The average Bonchev–Trinajstić information content (AvgIpc) is 2.99. The van der Waals surface area contributed by atoms with Gasteiger partial charge in [-0.2, -0.15) is 0 Å². The van der Waals surface area contributed by atoms with Crippen molar-refractivity contribution in [3.8, 4) is 0 Å². The van der Waals surface area contributed by atoms with E-state index < -0.39 is 21.7 Å². The number of carbonyl (C=O) groups is 2. The van der Waals surface area contributed by atoms with Gasteiger partial charge in [0.05, 0.1) is 11.5 Å². The van der Waals surface area contributed by atoms with Gasteiger partial charge in [0.1, 0.15) is 4.21 Å². The molecule has 0 fully saturated rings. The van der Waals surface area contributed by atoms with Crippen molar-refractivity contribution in [1.29, 1.82) is 0 Å². The Morgan fingerprint density at radius 3 is 2.58 bits per heavy atom. The number of ether oxygens (including phenoxy) is 1. The number of rotatable bonds is 10. The van der Waals surface area contributed by atoms with Crippen LogP contribution in [0, 0.1) is 5.92 Å². The molecule has 1 heterocycles. The molecular weight excluding hydrogens is 354 g/mol. The Bertz CT molecular complexity index is 667. The molecule has 0 aliphatic rings. The third-order valence-corrected chi connectivity index (χ3v) is 6.08. The summed E-state index contributed by atoms with van der Waals surface area (Å²) in [4.78, 5) is 25.1. The maximum Gasteiger partial charge on any atom is 0.308 e. The summed E-state index contributed by atoms with van der Waals surface area (Å²) in [5, 5.41) is 10.5. The standard InChI is InChI=1S/C15H23NO6S2/c1-4-22-7-5-6-16(9-11(2)15(18)19)14(17)12-8-13(23-10-12)24(3,20)21/h8,10-11H,4-7,9H2,1-3H3,(H,18,19). The Kier molecular flexibility index (Phi) is 7.85. The van der Waals surface area contributed by atoms with Crippen molar-refractivity contribution in [2.75, 3.05) is 32.6 Å². The van der Waals surface area contributed by atoms with E-state index in [2.05, 4.69) is 0 Å². The highest BCUT2D eigenvalue weighted by atomic mass is 32.2. The molecule has 0 radical (unpaired) electrons. The second-order valence-corrected chi connectivity index (χ2v) is 8.62. The molecule has 9 heteroatoms. The maximum absolute atomic E-state index is 12.6. The second-order valence-electron chi connectivity index (χ2n) is 5.47. The van der Waals surface area contributed by atoms with Crippen LogP contribution < -0.4 is 0 Å². The first-order chi connectivity index (χ1) is 11.2. The van der Waals surface area contributed by atoms with Crippen LogP contribution in [0.4, 0.5) is 0 Å². The number of hydrogen-bond donors (Lipinski definition) is 1. The lowest BCUT2D eigenvalue weighted by atomic mass is 10.1. The molecule has 1 unspecified atom stereocenters. The first kappa shape index (κ1) is 20.6. The van der Waals surface area contributed by atoms with E-state index in [1.807, 2.05) is 6.92 Å². The van der Waals surface area contributed by atoms with Gasteiger partial charge in [-0.25, -0.2) is 8.42 Å². The van der Waals surface area contributed by atoms with Gasteiger partial charge in [0.15, 0.2) is 9.84 Å². The summed E-state index contributed by atoms with van der Waals surface area (Å²) in [6.45, 7) is 4.85. The SMILES string of the molecule is CCOCCCN(CC(C)C(=O)O)C(=O)c1csc(S(C)(=O)=O)c1. The van der Waals surface area contributed by atoms with Crippen LogP contribution >= 0.6 is 11.3 Å². The zero-order valence-electron chi connectivity index (χ0n) is 14.0. The normalized spacial score (nSPS) is 12.8. The number of carboxylic acids is 1. The van der Waals surface area contributed by atoms with E-state index >= 15 is 0 Å². The summed E-state index contributed by atoms with van der Waals surface area (Å²) in [5.41, 5.74) is 0.259. The second kappa shape index (κ2) is 9.14. The number of sulfone groups is 1. The number of carboxylic acid groups (broad SMARTS) is 1. The predicted octanol–water partition coefficient (Wildman–Crippen LogP) is 1.74. The van der Waals surface area contributed by atoms with Crippen LogP contribution in [0.25, 0.3) is 0 Å². The van der Waals surface area contributed by atoms with Crippen LogP contribution in [0.1, 0.15) is 30.6 Å². The number of amides is 1. The molecule has 1 amide bonds. The summed E-state index contributed by atoms with van der Waals surface area (Å²) in [6.07, 6.45) is 1.66. The molecule has 1 rings (SSSR count). The van der Waals surface area contributed by atoms with Crippen molar-refractivity contribution in [2.45, 2.75) is 24.5 Å². The zero-order valence-corrected chi connectivity index (χ0v) is 15.7. The maximum atomic E-state index is 12.6. The lowest BCUT2D eigenvalue weighted by Gasteiger charge is -2.24. The summed E-state index contributed by atoms with van der Waals surface area (Å²) in [7, 11) is -3.37. The van der Waals surface area contributed by atoms with E-state index in [1.54, 1.807) is 0 Å². The third kappa shape index (κ3) is 6.21. The minimum absolute atomic E-state index is 0.0599. The Hall–Kier alpha value is -1.45. The highest BCUT2D eigenvalue weighted by Gasteiger charge is 2.23. The average molecular weight is 377 g/mol. The summed E-state index contributed by atoms with van der Waals surface area (Å²) in [5.74, 6) is -2.07. The first-order valence-electron chi connectivity index (χ1n) is 7.55. The minimum Gasteiger partial charge on any atom is -0.481 e. The fourth-order valence-electron chi connectivity index (χ4n) is 1.99.